The second-order valence-corrected chi connectivity index (χ2v) is 6.58. The highest BCUT2D eigenvalue weighted by Gasteiger charge is 2.14. The second kappa shape index (κ2) is 6.78. The van der Waals surface area contributed by atoms with E-state index in [9.17, 15) is 4.39 Å². The van der Waals surface area contributed by atoms with Crippen molar-refractivity contribution in [2.75, 3.05) is 0 Å². The molecule has 5 nitrogen and oxygen atoms in total. The van der Waals surface area contributed by atoms with Gasteiger partial charge in [0, 0.05) is 10.8 Å². The predicted molar refractivity (Wildman–Crippen MR) is 95.4 cm³/mol. The summed E-state index contributed by atoms with van der Waals surface area (Å²) in [6, 6.07) is 13.7. The molecule has 2 aromatic heterocycles. The summed E-state index contributed by atoms with van der Waals surface area (Å²) in [6.07, 6.45) is 1.47. The van der Waals surface area contributed by atoms with Crippen LogP contribution < -0.4 is 0 Å². The number of hydrogen-bond acceptors (Lipinski definition) is 5. The molecule has 0 aliphatic rings. The van der Waals surface area contributed by atoms with Crippen LogP contribution >= 0.6 is 23.4 Å². The predicted octanol–water partition coefficient (Wildman–Crippen LogP) is 4.30. The van der Waals surface area contributed by atoms with Gasteiger partial charge in [0.1, 0.15) is 17.2 Å². The quantitative estimate of drug-likeness (QED) is 0.395. The molecule has 8 heteroatoms. The Labute approximate surface area is 151 Å². The highest BCUT2D eigenvalue weighted by atomic mass is 35.5. The molecule has 0 saturated heterocycles. The third-order valence-corrected chi connectivity index (χ3v) is 4.99. The maximum atomic E-state index is 13.1. The summed E-state index contributed by atoms with van der Waals surface area (Å²) in [5.74, 6) is 0.355. The molecule has 0 bridgehead atoms. The summed E-state index contributed by atoms with van der Waals surface area (Å²) in [5.41, 5.74) is 2.88. The monoisotopic (exact) mass is 371 g/mol. The van der Waals surface area contributed by atoms with E-state index in [1.165, 1.54) is 30.2 Å². The van der Waals surface area contributed by atoms with Gasteiger partial charge < -0.3 is 0 Å². The van der Waals surface area contributed by atoms with Gasteiger partial charge in [-0.3, -0.25) is 0 Å². The summed E-state index contributed by atoms with van der Waals surface area (Å²) in [6.45, 7) is 0. The third kappa shape index (κ3) is 3.20. The molecule has 0 amide bonds. The number of aromatic nitrogens is 5. The Morgan fingerprint density at radius 2 is 1.84 bits per heavy atom. The van der Waals surface area contributed by atoms with E-state index in [2.05, 4.69) is 20.3 Å². The van der Waals surface area contributed by atoms with Crippen molar-refractivity contribution in [1.82, 2.24) is 25.0 Å². The number of nitrogens with zero attached hydrogens (tertiary/aromatic N) is 5. The maximum Gasteiger partial charge on any atom is 0.187 e. The number of benzene rings is 2. The van der Waals surface area contributed by atoms with Crippen LogP contribution in [0, 0.1) is 5.82 Å². The highest BCUT2D eigenvalue weighted by Crippen LogP contribution is 2.29. The Kier molecular flexibility index (Phi) is 4.33. The molecule has 0 aliphatic carbocycles. The van der Waals surface area contributed by atoms with Crippen molar-refractivity contribution in [2.24, 2.45) is 0 Å². The van der Waals surface area contributed by atoms with Gasteiger partial charge in [-0.2, -0.15) is 4.68 Å². The second-order valence-electron chi connectivity index (χ2n) is 5.21. The third-order valence-electron chi connectivity index (χ3n) is 3.60. The summed E-state index contributed by atoms with van der Waals surface area (Å²) in [5, 5.41) is 9.76. The van der Waals surface area contributed by atoms with Crippen LogP contribution in [-0.4, -0.2) is 25.0 Å². The molecule has 0 atom stereocenters. The van der Waals surface area contributed by atoms with Crippen molar-refractivity contribution in [3.05, 3.63) is 71.3 Å². The number of rotatable bonds is 4. The number of hydrogen-bond donors (Lipinski definition) is 0. The van der Waals surface area contributed by atoms with Gasteiger partial charge in [0.2, 0.25) is 0 Å². The van der Waals surface area contributed by atoms with Crippen LogP contribution in [0.3, 0.4) is 0 Å². The molecule has 0 saturated carbocycles. The van der Waals surface area contributed by atoms with E-state index >= 15 is 0 Å². The van der Waals surface area contributed by atoms with Gasteiger partial charge in [0.25, 0.3) is 0 Å². The van der Waals surface area contributed by atoms with Gasteiger partial charge in [-0.25, -0.2) is 14.4 Å². The molecule has 0 N–H and O–H groups in total. The molecule has 2 aromatic carbocycles. The lowest BCUT2D eigenvalue weighted by Crippen LogP contribution is -1.98. The molecule has 0 radical (unpaired) electrons. The van der Waals surface area contributed by atoms with Crippen molar-refractivity contribution in [1.29, 1.82) is 0 Å². The van der Waals surface area contributed by atoms with Crippen molar-refractivity contribution in [2.45, 2.75) is 10.8 Å². The standard InChI is InChI=1S/C17H11ClFN5S/c18-14-4-2-1-3-11(14)9-25-17-15-16(20-10-21-17)24(23-22-15)13-7-5-12(19)6-8-13/h1-8,10H,9H2. The van der Waals surface area contributed by atoms with E-state index in [0.717, 1.165) is 15.6 Å². The van der Waals surface area contributed by atoms with Crippen molar-refractivity contribution in [3.8, 4) is 5.69 Å². The van der Waals surface area contributed by atoms with Crippen LogP contribution in [0.2, 0.25) is 5.02 Å². The van der Waals surface area contributed by atoms with E-state index in [1.807, 2.05) is 24.3 Å². The van der Waals surface area contributed by atoms with E-state index in [-0.39, 0.29) is 5.82 Å². The van der Waals surface area contributed by atoms with Gasteiger partial charge in [0.15, 0.2) is 11.2 Å². The molecular formula is C17H11ClFN5S. The molecule has 4 aromatic rings. The minimum atomic E-state index is -0.307. The van der Waals surface area contributed by atoms with Crippen molar-refractivity contribution in [3.63, 3.8) is 0 Å². The zero-order valence-electron chi connectivity index (χ0n) is 12.8. The Morgan fingerprint density at radius 3 is 2.64 bits per heavy atom. The van der Waals surface area contributed by atoms with E-state index < -0.39 is 0 Å². The number of fused-ring (bicyclic) bond motifs is 1. The highest BCUT2D eigenvalue weighted by molar-refractivity contribution is 7.98. The van der Waals surface area contributed by atoms with Crippen LogP contribution in [0.25, 0.3) is 16.9 Å². The lowest BCUT2D eigenvalue weighted by atomic mass is 10.2. The van der Waals surface area contributed by atoms with E-state index in [1.54, 1.807) is 16.8 Å². The molecular weight excluding hydrogens is 361 g/mol. The van der Waals surface area contributed by atoms with Crippen molar-refractivity contribution >= 4 is 34.5 Å². The molecule has 0 aliphatic heterocycles. The summed E-state index contributed by atoms with van der Waals surface area (Å²) in [4.78, 5) is 8.57. The van der Waals surface area contributed by atoms with Crippen LogP contribution in [0.4, 0.5) is 4.39 Å². The van der Waals surface area contributed by atoms with Crippen molar-refractivity contribution < 1.29 is 4.39 Å². The van der Waals surface area contributed by atoms with Gasteiger partial charge >= 0.3 is 0 Å². The van der Waals surface area contributed by atoms with Crippen LogP contribution in [-0.2, 0) is 5.75 Å². The van der Waals surface area contributed by atoms with Gasteiger partial charge in [-0.15, -0.1) is 5.10 Å². The van der Waals surface area contributed by atoms with Crippen LogP contribution in [0.1, 0.15) is 5.56 Å². The first-order valence-corrected chi connectivity index (χ1v) is 8.77. The lowest BCUT2D eigenvalue weighted by Gasteiger charge is -2.04. The number of halogens is 2. The Morgan fingerprint density at radius 1 is 1.04 bits per heavy atom. The molecule has 4 rings (SSSR count). The van der Waals surface area contributed by atoms with Crippen LogP contribution in [0.5, 0.6) is 0 Å². The molecule has 0 spiro atoms. The molecule has 2 heterocycles. The summed E-state index contributed by atoms with van der Waals surface area (Å²) >= 11 is 7.71. The zero-order valence-corrected chi connectivity index (χ0v) is 14.4. The topological polar surface area (TPSA) is 56.5 Å². The maximum absolute atomic E-state index is 13.1. The smallest absolute Gasteiger partial charge is 0.187 e. The minimum absolute atomic E-state index is 0.307. The summed E-state index contributed by atoms with van der Waals surface area (Å²) in [7, 11) is 0. The fourth-order valence-electron chi connectivity index (χ4n) is 2.35. The molecule has 0 fully saturated rings. The Hall–Kier alpha value is -2.51. The van der Waals surface area contributed by atoms with Gasteiger partial charge in [-0.1, -0.05) is 46.8 Å². The molecule has 25 heavy (non-hydrogen) atoms. The lowest BCUT2D eigenvalue weighted by molar-refractivity contribution is 0.627. The average molecular weight is 372 g/mol. The van der Waals surface area contributed by atoms with E-state index in [4.69, 9.17) is 11.6 Å². The fourth-order valence-corrected chi connectivity index (χ4v) is 3.57. The van der Waals surface area contributed by atoms with Gasteiger partial charge in [-0.05, 0) is 35.9 Å². The first-order chi connectivity index (χ1) is 12.2. The minimum Gasteiger partial charge on any atom is -0.227 e. The Balaban J connectivity index is 1.67. The normalized spacial score (nSPS) is 11.1. The average Bonchev–Trinajstić information content (AvgIpc) is 3.06. The molecule has 0 unspecified atom stereocenters. The molecule has 124 valence electrons. The first kappa shape index (κ1) is 16.0. The van der Waals surface area contributed by atoms with E-state index in [0.29, 0.717) is 22.6 Å². The number of thioether (sulfide) groups is 1. The summed E-state index contributed by atoms with van der Waals surface area (Å²) < 4.78 is 14.7. The largest absolute Gasteiger partial charge is 0.227 e. The first-order valence-electron chi connectivity index (χ1n) is 7.41. The van der Waals surface area contributed by atoms with Gasteiger partial charge in [0.05, 0.1) is 5.69 Å². The fraction of sp³-hybridized carbons (Fsp3) is 0.0588. The SMILES string of the molecule is Fc1ccc(-n2nnc3c(SCc4ccccc4Cl)ncnc32)cc1. The Bertz CT molecular complexity index is 1030. The van der Waals surface area contributed by atoms with Crippen LogP contribution in [0.15, 0.2) is 59.9 Å². The zero-order chi connectivity index (χ0) is 17.2.